The van der Waals surface area contributed by atoms with Crippen molar-refractivity contribution in [2.45, 2.75) is 18.9 Å². The van der Waals surface area contributed by atoms with Crippen LogP contribution in [0, 0.1) is 0 Å². The minimum absolute atomic E-state index is 0.0293. The molecule has 2 aromatic carbocycles. The average molecular weight is 428 g/mol. The molecular weight excluding hydrogens is 406 g/mol. The second-order valence-corrected chi connectivity index (χ2v) is 7.86. The Labute approximate surface area is 179 Å². The molecule has 5 rings (SSSR count). The van der Waals surface area contributed by atoms with E-state index in [9.17, 15) is 4.79 Å². The monoisotopic (exact) mass is 427 g/mol. The molecule has 1 amide bonds. The Bertz CT molecular complexity index is 1010. The van der Waals surface area contributed by atoms with Crippen LogP contribution < -0.4 is 18.9 Å². The fraction of sp³-hybridized carbons (Fsp3) is 0.348. The maximum atomic E-state index is 13.0. The molecule has 3 aliphatic rings. The second kappa shape index (κ2) is 8.11. The number of nitrogens with zero attached hydrogens (tertiary/aromatic N) is 1. The van der Waals surface area contributed by atoms with Gasteiger partial charge in [-0.25, -0.2) is 0 Å². The van der Waals surface area contributed by atoms with Gasteiger partial charge in [0.05, 0.1) is 11.1 Å². The summed E-state index contributed by atoms with van der Waals surface area (Å²) in [6.07, 6.45) is 5.26. The van der Waals surface area contributed by atoms with Crippen molar-refractivity contribution in [3.63, 3.8) is 0 Å². The number of fused-ring (bicyclic) bond motifs is 2. The number of halogens is 1. The number of carbonyl (C=O) groups excluding carboxylic acids is 1. The zero-order chi connectivity index (χ0) is 20.5. The summed E-state index contributed by atoms with van der Waals surface area (Å²) < 4.78 is 22.5. The molecule has 1 saturated heterocycles. The lowest BCUT2D eigenvalue weighted by Crippen LogP contribution is -2.29. The van der Waals surface area contributed by atoms with Gasteiger partial charge in [-0.1, -0.05) is 17.7 Å². The third kappa shape index (κ3) is 3.67. The summed E-state index contributed by atoms with van der Waals surface area (Å²) in [6.45, 7) is 2.81. The maximum Gasteiger partial charge on any atom is 0.247 e. The maximum absolute atomic E-state index is 13.0. The van der Waals surface area contributed by atoms with Crippen LogP contribution in [-0.2, 0) is 4.79 Å². The fourth-order valence-corrected chi connectivity index (χ4v) is 4.41. The molecule has 3 heterocycles. The van der Waals surface area contributed by atoms with Gasteiger partial charge in [0, 0.05) is 12.6 Å². The Morgan fingerprint density at radius 2 is 1.73 bits per heavy atom. The highest BCUT2D eigenvalue weighted by Gasteiger charge is 2.30. The highest BCUT2D eigenvalue weighted by Crippen LogP contribution is 2.40. The molecule has 3 aliphatic heterocycles. The third-order valence-corrected chi connectivity index (χ3v) is 5.81. The minimum atomic E-state index is -0.0293. The zero-order valence-corrected chi connectivity index (χ0v) is 17.2. The lowest BCUT2D eigenvalue weighted by Gasteiger charge is -2.26. The number of amides is 1. The van der Waals surface area contributed by atoms with Gasteiger partial charge < -0.3 is 23.8 Å². The van der Waals surface area contributed by atoms with E-state index in [2.05, 4.69) is 0 Å². The number of ether oxygens (including phenoxy) is 4. The smallest absolute Gasteiger partial charge is 0.247 e. The standard InChI is InChI=1S/C23H22ClNO5/c24-17-12-15(13-21-23(17)30-11-10-29-21)3-6-22(26)25-7-1-2-18(25)16-4-5-19-20(14-16)28-9-8-27-19/h3-6,12-14,18H,1-2,7-11H2/b6-3+. The number of carbonyl (C=O) groups is 1. The van der Waals surface area contributed by atoms with Crippen molar-refractivity contribution >= 4 is 23.6 Å². The van der Waals surface area contributed by atoms with Gasteiger partial charge in [0.15, 0.2) is 23.0 Å². The Morgan fingerprint density at radius 1 is 0.967 bits per heavy atom. The highest BCUT2D eigenvalue weighted by atomic mass is 35.5. The van der Waals surface area contributed by atoms with Crippen molar-refractivity contribution in [2.24, 2.45) is 0 Å². The number of benzene rings is 2. The quantitative estimate of drug-likeness (QED) is 0.685. The van der Waals surface area contributed by atoms with E-state index in [1.807, 2.05) is 29.2 Å². The van der Waals surface area contributed by atoms with Crippen LogP contribution in [0.3, 0.4) is 0 Å². The Morgan fingerprint density at radius 3 is 2.60 bits per heavy atom. The van der Waals surface area contributed by atoms with E-state index in [0.717, 1.165) is 42.0 Å². The fourth-order valence-electron chi connectivity index (χ4n) is 4.13. The van der Waals surface area contributed by atoms with E-state index >= 15 is 0 Å². The topological polar surface area (TPSA) is 57.2 Å². The number of likely N-dealkylation sites (tertiary alicyclic amines) is 1. The largest absolute Gasteiger partial charge is 0.486 e. The first-order valence-corrected chi connectivity index (χ1v) is 10.5. The van der Waals surface area contributed by atoms with Crippen LogP contribution in [0.15, 0.2) is 36.4 Å². The van der Waals surface area contributed by atoms with Crippen LogP contribution in [0.5, 0.6) is 23.0 Å². The summed E-state index contributed by atoms with van der Waals surface area (Å²) in [5.74, 6) is 2.65. The first-order valence-electron chi connectivity index (χ1n) is 10.2. The van der Waals surface area contributed by atoms with Crippen LogP contribution in [-0.4, -0.2) is 43.8 Å². The molecule has 6 nitrogen and oxygen atoms in total. The van der Waals surface area contributed by atoms with E-state index < -0.39 is 0 Å². The van der Waals surface area contributed by atoms with Crippen molar-refractivity contribution in [1.82, 2.24) is 4.90 Å². The molecule has 0 saturated carbocycles. The second-order valence-electron chi connectivity index (χ2n) is 7.45. The molecule has 0 spiro atoms. The Balaban J connectivity index is 1.34. The van der Waals surface area contributed by atoms with Crippen LogP contribution >= 0.6 is 11.6 Å². The molecule has 2 aromatic rings. The van der Waals surface area contributed by atoms with Crippen LogP contribution in [0.4, 0.5) is 0 Å². The minimum Gasteiger partial charge on any atom is -0.486 e. The van der Waals surface area contributed by atoms with Crippen molar-refractivity contribution < 1.29 is 23.7 Å². The normalized spacial score (nSPS) is 19.9. The van der Waals surface area contributed by atoms with Crippen LogP contribution in [0.1, 0.15) is 30.0 Å². The molecule has 0 aromatic heterocycles. The molecule has 1 fully saturated rings. The predicted molar refractivity (Wildman–Crippen MR) is 113 cm³/mol. The molecule has 0 aliphatic carbocycles. The van der Waals surface area contributed by atoms with Gasteiger partial charge >= 0.3 is 0 Å². The van der Waals surface area contributed by atoms with E-state index in [0.29, 0.717) is 42.9 Å². The number of rotatable bonds is 3. The van der Waals surface area contributed by atoms with Gasteiger partial charge in [0.2, 0.25) is 5.91 Å². The van der Waals surface area contributed by atoms with Gasteiger partial charge in [-0.2, -0.15) is 0 Å². The Kier molecular flexibility index (Phi) is 5.17. The summed E-state index contributed by atoms with van der Waals surface area (Å²) in [4.78, 5) is 14.9. The SMILES string of the molecule is O=C(/C=C/c1cc(Cl)c2c(c1)OCCO2)N1CCCC1c1ccc2c(c1)OCCO2. The average Bonchev–Trinajstić information content (AvgIpc) is 3.27. The molecule has 7 heteroatoms. The summed E-state index contributed by atoms with van der Waals surface area (Å²) >= 11 is 6.29. The predicted octanol–water partition coefficient (Wildman–Crippen LogP) is 4.26. The molecule has 30 heavy (non-hydrogen) atoms. The van der Waals surface area contributed by atoms with Crippen LogP contribution in [0.2, 0.25) is 5.02 Å². The van der Waals surface area contributed by atoms with Crippen molar-refractivity contribution in [3.8, 4) is 23.0 Å². The Hall–Kier alpha value is -2.86. The van der Waals surface area contributed by atoms with Crippen molar-refractivity contribution in [1.29, 1.82) is 0 Å². The highest BCUT2D eigenvalue weighted by molar-refractivity contribution is 6.32. The van der Waals surface area contributed by atoms with E-state index in [1.165, 1.54) is 0 Å². The van der Waals surface area contributed by atoms with Gasteiger partial charge in [-0.05, 0) is 54.3 Å². The van der Waals surface area contributed by atoms with E-state index in [4.69, 9.17) is 30.5 Å². The summed E-state index contributed by atoms with van der Waals surface area (Å²) in [7, 11) is 0. The van der Waals surface area contributed by atoms with Gasteiger partial charge in [0.25, 0.3) is 0 Å². The third-order valence-electron chi connectivity index (χ3n) is 5.52. The molecular formula is C23H22ClNO5. The van der Waals surface area contributed by atoms with E-state index in [1.54, 1.807) is 18.2 Å². The summed E-state index contributed by atoms with van der Waals surface area (Å²) in [5.41, 5.74) is 1.87. The summed E-state index contributed by atoms with van der Waals surface area (Å²) in [5, 5.41) is 0.481. The molecule has 0 N–H and O–H groups in total. The van der Waals surface area contributed by atoms with Crippen LogP contribution in [0.25, 0.3) is 6.08 Å². The molecule has 0 bridgehead atoms. The van der Waals surface area contributed by atoms with E-state index in [-0.39, 0.29) is 11.9 Å². The molecule has 1 unspecified atom stereocenters. The van der Waals surface area contributed by atoms with Gasteiger partial charge in [-0.3, -0.25) is 4.79 Å². The van der Waals surface area contributed by atoms with Gasteiger partial charge in [-0.15, -0.1) is 0 Å². The van der Waals surface area contributed by atoms with Crippen molar-refractivity contribution in [2.75, 3.05) is 33.0 Å². The van der Waals surface area contributed by atoms with Crippen molar-refractivity contribution in [3.05, 3.63) is 52.6 Å². The first kappa shape index (κ1) is 19.1. The zero-order valence-electron chi connectivity index (χ0n) is 16.4. The van der Waals surface area contributed by atoms with Gasteiger partial charge in [0.1, 0.15) is 26.4 Å². The lowest BCUT2D eigenvalue weighted by molar-refractivity contribution is -0.126. The number of hydrogen-bond donors (Lipinski definition) is 0. The first-order chi connectivity index (χ1) is 14.7. The lowest BCUT2D eigenvalue weighted by atomic mass is 10.0. The molecule has 0 radical (unpaired) electrons. The molecule has 1 atom stereocenters. The molecule has 156 valence electrons. The number of hydrogen-bond acceptors (Lipinski definition) is 5. The summed E-state index contributed by atoms with van der Waals surface area (Å²) in [6, 6.07) is 9.59.